The molecule has 0 radical (unpaired) electrons. The third-order valence-corrected chi connectivity index (χ3v) is 2.25. The van der Waals surface area contributed by atoms with Crippen molar-refractivity contribution in [1.82, 2.24) is 0 Å². The lowest BCUT2D eigenvalue weighted by Gasteiger charge is -2.05. The fourth-order valence-electron chi connectivity index (χ4n) is 1.14. The van der Waals surface area contributed by atoms with Gasteiger partial charge in [0.25, 0.3) is 0 Å². The largest absolute Gasteiger partial charge is 0.508 e. The Kier molecular flexibility index (Phi) is 2.93. The molecule has 0 bridgehead atoms. The van der Waals surface area contributed by atoms with E-state index in [-0.39, 0.29) is 5.76 Å². The first kappa shape index (κ1) is 9.33. The van der Waals surface area contributed by atoms with Crippen LogP contribution in [0.1, 0.15) is 18.1 Å². The van der Waals surface area contributed by atoms with E-state index >= 15 is 0 Å². The smallest absolute Gasteiger partial charge is 0.115 e. The van der Waals surface area contributed by atoms with Crippen molar-refractivity contribution in [3.05, 3.63) is 40.4 Å². The van der Waals surface area contributed by atoms with E-state index < -0.39 is 0 Å². The summed E-state index contributed by atoms with van der Waals surface area (Å²) in [6.45, 7) is 5.55. The van der Waals surface area contributed by atoms with Crippen LogP contribution in [0.2, 0.25) is 0 Å². The maximum absolute atomic E-state index is 9.22. The highest BCUT2D eigenvalue weighted by Crippen LogP contribution is 2.21. The number of hydrogen-bond acceptors (Lipinski definition) is 1. The van der Waals surface area contributed by atoms with E-state index in [0.29, 0.717) is 0 Å². The van der Waals surface area contributed by atoms with Crippen LogP contribution in [-0.2, 0) is 6.42 Å². The molecule has 0 saturated carbocycles. The molecule has 0 amide bonds. The van der Waals surface area contributed by atoms with E-state index in [9.17, 15) is 5.11 Å². The number of aliphatic hydroxyl groups is 1. The summed E-state index contributed by atoms with van der Waals surface area (Å²) in [7, 11) is 0. The molecule has 0 atom stereocenters. The molecule has 0 unspecified atom stereocenters. The molecule has 0 saturated heterocycles. The summed E-state index contributed by atoms with van der Waals surface area (Å²) in [5.41, 5.74) is 1.94. The minimum absolute atomic E-state index is 0.138. The van der Waals surface area contributed by atoms with Crippen molar-refractivity contribution < 1.29 is 5.11 Å². The Labute approximate surface area is 80.9 Å². The van der Waals surface area contributed by atoms with Gasteiger partial charge in [0.15, 0.2) is 0 Å². The number of aliphatic hydroxyl groups excluding tert-OH is 1. The highest BCUT2D eigenvalue weighted by molar-refractivity contribution is 9.10. The van der Waals surface area contributed by atoms with Gasteiger partial charge in [-0.15, -0.1) is 0 Å². The van der Waals surface area contributed by atoms with Crippen molar-refractivity contribution in [2.24, 2.45) is 0 Å². The van der Waals surface area contributed by atoms with Gasteiger partial charge < -0.3 is 5.11 Å². The van der Waals surface area contributed by atoms with Gasteiger partial charge in [-0.2, -0.15) is 0 Å². The van der Waals surface area contributed by atoms with Gasteiger partial charge in [0.2, 0.25) is 0 Å². The average Bonchev–Trinajstić information content (AvgIpc) is 2.03. The van der Waals surface area contributed by atoms with Crippen LogP contribution >= 0.6 is 15.9 Å². The Morgan fingerprint density at radius 3 is 2.75 bits per heavy atom. The van der Waals surface area contributed by atoms with Gasteiger partial charge in [0, 0.05) is 10.0 Å². The van der Waals surface area contributed by atoms with Crippen molar-refractivity contribution in [3.8, 4) is 0 Å². The summed E-state index contributed by atoms with van der Waals surface area (Å²) in [5.74, 6) is 0.138. The number of benzene rings is 1. The van der Waals surface area contributed by atoms with Crippen LogP contribution in [0.15, 0.2) is 29.3 Å². The standard InChI is InChI=1S/C10H11BrO/c1-3-8-6-9(11)4-5-10(8)7(2)12/h4-6,12H,2-3H2,1H3. The molecule has 0 aromatic heterocycles. The second kappa shape index (κ2) is 3.76. The van der Waals surface area contributed by atoms with Gasteiger partial charge in [-0.25, -0.2) is 0 Å². The number of halogens is 1. The number of hydrogen-bond donors (Lipinski definition) is 1. The van der Waals surface area contributed by atoms with Gasteiger partial charge >= 0.3 is 0 Å². The SMILES string of the molecule is C=C(O)c1ccc(Br)cc1CC. The molecule has 1 aromatic rings. The third-order valence-electron chi connectivity index (χ3n) is 1.76. The zero-order chi connectivity index (χ0) is 9.14. The first-order valence-corrected chi connectivity index (χ1v) is 4.61. The fourth-order valence-corrected chi connectivity index (χ4v) is 1.54. The Hall–Kier alpha value is -0.760. The maximum atomic E-state index is 9.22. The lowest BCUT2D eigenvalue weighted by molar-refractivity contribution is 0.513. The van der Waals surface area contributed by atoms with Crippen molar-refractivity contribution >= 4 is 21.7 Å². The van der Waals surface area contributed by atoms with E-state index in [1.165, 1.54) is 0 Å². The number of rotatable bonds is 2. The molecule has 0 aliphatic carbocycles. The fraction of sp³-hybridized carbons (Fsp3) is 0.200. The molecule has 2 heteroatoms. The topological polar surface area (TPSA) is 20.2 Å². The van der Waals surface area contributed by atoms with E-state index in [1.807, 2.05) is 25.1 Å². The molecule has 0 spiro atoms. The normalized spacial score (nSPS) is 9.83. The monoisotopic (exact) mass is 226 g/mol. The summed E-state index contributed by atoms with van der Waals surface area (Å²) in [6, 6.07) is 5.76. The molecular formula is C10H11BrO. The van der Waals surface area contributed by atoms with E-state index in [2.05, 4.69) is 22.5 Å². The zero-order valence-electron chi connectivity index (χ0n) is 6.97. The summed E-state index contributed by atoms with van der Waals surface area (Å²) in [4.78, 5) is 0. The number of aryl methyl sites for hydroxylation is 1. The van der Waals surface area contributed by atoms with Crippen molar-refractivity contribution in [2.45, 2.75) is 13.3 Å². The van der Waals surface area contributed by atoms with E-state index in [1.54, 1.807) is 0 Å². The van der Waals surface area contributed by atoms with Crippen LogP contribution in [-0.4, -0.2) is 5.11 Å². The van der Waals surface area contributed by atoms with Crippen LogP contribution in [0.4, 0.5) is 0 Å². The van der Waals surface area contributed by atoms with Crippen molar-refractivity contribution in [3.63, 3.8) is 0 Å². The Morgan fingerprint density at radius 2 is 2.25 bits per heavy atom. The molecule has 1 N–H and O–H groups in total. The maximum Gasteiger partial charge on any atom is 0.115 e. The molecule has 1 rings (SSSR count). The molecule has 1 aromatic carbocycles. The second-order valence-electron chi connectivity index (χ2n) is 2.60. The molecule has 0 heterocycles. The quantitative estimate of drug-likeness (QED) is 0.766. The summed E-state index contributed by atoms with van der Waals surface area (Å²) >= 11 is 3.37. The third kappa shape index (κ3) is 1.89. The lowest BCUT2D eigenvalue weighted by atomic mass is 10.0. The zero-order valence-corrected chi connectivity index (χ0v) is 8.56. The molecule has 0 aliphatic rings. The highest BCUT2D eigenvalue weighted by atomic mass is 79.9. The first-order chi connectivity index (χ1) is 5.65. The van der Waals surface area contributed by atoms with Crippen LogP contribution < -0.4 is 0 Å². The molecule has 0 fully saturated rings. The molecule has 64 valence electrons. The van der Waals surface area contributed by atoms with Crippen molar-refractivity contribution in [2.75, 3.05) is 0 Å². The summed E-state index contributed by atoms with van der Waals surface area (Å²) in [5, 5.41) is 9.22. The predicted octanol–water partition coefficient (Wildman–Crippen LogP) is 3.54. The predicted molar refractivity (Wildman–Crippen MR) is 55.2 cm³/mol. The molecule has 12 heavy (non-hydrogen) atoms. The Balaban J connectivity index is 3.20. The summed E-state index contributed by atoms with van der Waals surface area (Å²) < 4.78 is 1.03. The van der Waals surface area contributed by atoms with Crippen molar-refractivity contribution in [1.29, 1.82) is 0 Å². The van der Waals surface area contributed by atoms with Gasteiger partial charge in [-0.3, -0.25) is 0 Å². The van der Waals surface area contributed by atoms with E-state index in [0.717, 1.165) is 22.0 Å². The van der Waals surface area contributed by atoms with Crippen LogP contribution in [0.25, 0.3) is 5.76 Å². The van der Waals surface area contributed by atoms with Crippen LogP contribution in [0.5, 0.6) is 0 Å². The Morgan fingerprint density at radius 1 is 1.58 bits per heavy atom. The average molecular weight is 227 g/mol. The Bertz CT molecular complexity index is 305. The highest BCUT2D eigenvalue weighted by Gasteiger charge is 2.02. The van der Waals surface area contributed by atoms with Crippen LogP contribution in [0.3, 0.4) is 0 Å². The van der Waals surface area contributed by atoms with Gasteiger partial charge in [-0.1, -0.05) is 29.4 Å². The minimum atomic E-state index is 0.138. The van der Waals surface area contributed by atoms with Gasteiger partial charge in [0.1, 0.15) is 5.76 Å². The van der Waals surface area contributed by atoms with Gasteiger partial charge in [0.05, 0.1) is 0 Å². The first-order valence-electron chi connectivity index (χ1n) is 3.81. The lowest BCUT2D eigenvalue weighted by Crippen LogP contribution is -1.90. The summed E-state index contributed by atoms with van der Waals surface area (Å²) in [6.07, 6.45) is 0.897. The molecule has 0 aliphatic heterocycles. The van der Waals surface area contributed by atoms with E-state index in [4.69, 9.17) is 0 Å². The van der Waals surface area contributed by atoms with Crippen LogP contribution in [0, 0.1) is 0 Å². The molecular weight excluding hydrogens is 216 g/mol. The molecule has 1 nitrogen and oxygen atoms in total. The second-order valence-corrected chi connectivity index (χ2v) is 3.52. The van der Waals surface area contributed by atoms with Gasteiger partial charge in [-0.05, 0) is 30.2 Å². The minimum Gasteiger partial charge on any atom is -0.508 e.